The quantitative estimate of drug-likeness (QED) is 0.571. The van der Waals surface area contributed by atoms with Gasteiger partial charge in [0.25, 0.3) is 0 Å². The summed E-state index contributed by atoms with van der Waals surface area (Å²) in [6.45, 7) is 1.13. The molecule has 0 bridgehead atoms. The van der Waals surface area contributed by atoms with Crippen LogP contribution in [-0.4, -0.2) is 39.8 Å². The van der Waals surface area contributed by atoms with E-state index in [-0.39, 0.29) is 5.75 Å². The van der Waals surface area contributed by atoms with Crippen molar-refractivity contribution < 1.29 is 13.2 Å². The predicted molar refractivity (Wildman–Crippen MR) is 113 cm³/mol. The van der Waals surface area contributed by atoms with E-state index in [1.165, 1.54) is 18.2 Å². The van der Waals surface area contributed by atoms with Crippen LogP contribution in [0.1, 0.15) is 5.56 Å². The van der Waals surface area contributed by atoms with E-state index in [0.29, 0.717) is 23.7 Å². The summed E-state index contributed by atoms with van der Waals surface area (Å²) in [5.74, 6) is 0.607. The standard InChI is InChI=1S/C23H25NO3S/c1-24(15-16-28(25,26)22-13-8-12-21(17-22)27-2)18-20-11-6-7-14-23(20)19-9-4-3-5-10-19/h3-14,17H,15-16,18H2,1-2H3. The van der Waals surface area contributed by atoms with Crippen LogP contribution in [0.25, 0.3) is 11.1 Å². The molecular weight excluding hydrogens is 370 g/mol. The lowest BCUT2D eigenvalue weighted by Gasteiger charge is -2.19. The van der Waals surface area contributed by atoms with Gasteiger partial charge in [-0.1, -0.05) is 60.7 Å². The average Bonchev–Trinajstić information content (AvgIpc) is 2.73. The van der Waals surface area contributed by atoms with Crippen molar-refractivity contribution in [2.24, 2.45) is 0 Å². The van der Waals surface area contributed by atoms with Crippen molar-refractivity contribution in [1.82, 2.24) is 4.90 Å². The van der Waals surface area contributed by atoms with Crippen LogP contribution in [0, 0.1) is 0 Å². The highest BCUT2D eigenvalue weighted by molar-refractivity contribution is 7.91. The van der Waals surface area contributed by atoms with Gasteiger partial charge in [-0.3, -0.25) is 0 Å². The lowest BCUT2D eigenvalue weighted by molar-refractivity contribution is 0.346. The van der Waals surface area contributed by atoms with E-state index >= 15 is 0 Å². The van der Waals surface area contributed by atoms with Crippen LogP contribution in [0.2, 0.25) is 0 Å². The maximum atomic E-state index is 12.7. The predicted octanol–water partition coefficient (Wildman–Crippen LogP) is 4.27. The molecule has 0 atom stereocenters. The molecule has 0 aliphatic carbocycles. The van der Waals surface area contributed by atoms with Gasteiger partial charge in [0.15, 0.2) is 9.84 Å². The molecule has 0 radical (unpaired) electrons. The number of rotatable bonds is 8. The smallest absolute Gasteiger partial charge is 0.179 e. The number of nitrogens with zero attached hydrogens (tertiary/aromatic N) is 1. The Kier molecular flexibility index (Phi) is 6.49. The summed E-state index contributed by atoms with van der Waals surface area (Å²) in [5.41, 5.74) is 3.51. The van der Waals surface area contributed by atoms with Gasteiger partial charge in [0.05, 0.1) is 17.8 Å². The Morgan fingerprint density at radius 3 is 2.36 bits per heavy atom. The summed E-state index contributed by atoms with van der Waals surface area (Å²) in [6, 6.07) is 25.1. The van der Waals surface area contributed by atoms with Crippen molar-refractivity contribution in [2.45, 2.75) is 11.4 Å². The molecule has 0 aliphatic heterocycles. The molecule has 0 aromatic heterocycles. The van der Waals surface area contributed by atoms with Crippen molar-refractivity contribution in [1.29, 1.82) is 0 Å². The maximum absolute atomic E-state index is 12.7. The molecule has 4 nitrogen and oxygen atoms in total. The zero-order valence-electron chi connectivity index (χ0n) is 16.2. The fourth-order valence-electron chi connectivity index (χ4n) is 3.12. The summed E-state index contributed by atoms with van der Waals surface area (Å²) in [6.07, 6.45) is 0. The molecule has 0 N–H and O–H groups in total. The van der Waals surface area contributed by atoms with Gasteiger partial charge >= 0.3 is 0 Å². The molecule has 3 aromatic rings. The monoisotopic (exact) mass is 395 g/mol. The number of hydrogen-bond acceptors (Lipinski definition) is 4. The highest BCUT2D eigenvalue weighted by Gasteiger charge is 2.17. The van der Waals surface area contributed by atoms with Crippen molar-refractivity contribution in [3.63, 3.8) is 0 Å². The van der Waals surface area contributed by atoms with Crippen LogP contribution >= 0.6 is 0 Å². The van der Waals surface area contributed by atoms with Gasteiger partial charge in [0.2, 0.25) is 0 Å². The molecule has 0 spiro atoms. The lowest BCUT2D eigenvalue weighted by Crippen LogP contribution is -2.25. The third-order valence-electron chi connectivity index (χ3n) is 4.68. The minimum Gasteiger partial charge on any atom is -0.497 e. The summed E-state index contributed by atoms with van der Waals surface area (Å²) in [7, 11) is 0.115. The van der Waals surface area contributed by atoms with E-state index < -0.39 is 9.84 Å². The van der Waals surface area contributed by atoms with E-state index in [9.17, 15) is 8.42 Å². The summed E-state index contributed by atoms with van der Waals surface area (Å²) < 4.78 is 30.5. The van der Waals surface area contributed by atoms with Gasteiger partial charge in [-0.25, -0.2) is 8.42 Å². The van der Waals surface area contributed by atoms with E-state index in [1.807, 2.05) is 42.3 Å². The molecular formula is C23H25NO3S. The highest BCUT2D eigenvalue weighted by atomic mass is 32.2. The first kappa shape index (κ1) is 20.1. The Balaban J connectivity index is 1.69. The zero-order valence-corrected chi connectivity index (χ0v) is 17.0. The maximum Gasteiger partial charge on any atom is 0.179 e. The minimum absolute atomic E-state index is 0.0597. The molecule has 0 unspecified atom stereocenters. The molecule has 3 aromatic carbocycles. The number of benzene rings is 3. The normalized spacial score (nSPS) is 11.5. The fraction of sp³-hybridized carbons (Fsp3) is 0.217. The van der Waals surface area contributed by atoms with Crippen LogP contribution in [0.3, 0.4) is 0 Å². The second-order valence-corrected chi connectivity index (χ2v) is 8.87. The number of hydrogen-bond donors (Lipinski definition) is 0. The number of ether oxygens (including phenoxy) is 1. The summed E-state index contributed by atoms with van der Waals surface area (Å²) >= 11 is 0. The Labute approximate surface area is 167 Å². The van der Waals surface area contributed by atoms with Crippen LogP contribution in [-0.2, 0) is 16.4 Å². The van der Waals surface area contributed by atoms with Crippen molar-refractivity contribution in [3.05, 3.63) is 84.4 Å². The van der Waals surface area contributed by atoms with Crippen molar-refractivity contribution >= 4 is 9.84 Å². The Morgan fingerprint density at radius 2 is 1.61 bits per heavy atom. The molecule has 0 aliphatic rings. The third kappa shape index (κ3) is 5.00. The third-order valence-corrected chi connectivity index (χ3v) is 6.38. The highest BCUT2D eigenvalue weighted by Crippen LogP contribution is 2.24. The minimum atomic E-state index is -3.36. The summed E-state index contributed by atoms with van der Waals surface area (Å²) in [4.78, 5) is 2.34. The van der Waals surface area contributed by atoms with Gasteiger partial charge in [-0.2, -0.15) is 0 Å². The van der Waals surface area contributed by atoms with Crippen molar-refractivity contribution in [3.8, 4) is 16.9 Å². The Morgan fingerprint density at radius 1 is 0.893 bits per heavy atom. The van der Waals surface area contributed by atoms with E-state index in [4.69, 9.17) is 4.74 Å². The fourth-order valence-corrected chi connectivity index (χ4v) is 4.49. The SMILES string of the molecule is COc1cccc(S(=O)(=O)CCN(C)Cc2ccccc2-c2ccccc2)c1. The zero-order chi connectivity index (χ0) is 20.0. The number of methoxy groups -OCH3 is 1. The van der Waals surface area contributed by atoms with Crippen molar-refractivity contribution in [2.75, 3.05) is 26.5 Å². The van der Waals surface area contributed by atoms with Gasteiger partial charge in [-0.15, -0.1) is 0 Å². The first-order chi connectivity index (χ1) is 13.5. The second-order valence-electron chi connectivity index (χ2n) is 6.76. The molecule has 146 valence electrons. The van der Waals surface area contributed by atoms with E-state index in [0.717, 1.165) is 5.56 Å². The molecule has 0 amide bonds. The molecule has 5 heteroatoms. The van der Waals surface area contributed by atoms with Crippen LogP contribution in [0.15, 0.2) is 83.8 Å². The summed E-state index contributed by atoms with van der Waals surface area (Å²) in [5, 5.41) is 0. The molecule has 0 saturated heterocycles. The number of sulfone groups is 1. The van der Waals surface area contributed by atoms with Gasteiger partial charge in [0, 0.05) is 13.1 Å². The second kappa shape index (κ2) is 9.04. The van der Waals surface area contributed by atoms with Crippen LogP contribution < -0.4 is 4.74 Å². The molecule has 0 fully saturated rings. The molecule has 0 saturated carbocycles. The van der Waals surface area contributed by atoms with Gasteiger partial charge in [0.1, 0.15) is 5.75 Å². The Bertz CT molecular complexity index is 1020. The first-order valence-corrected chi connectivity index (χ1v) is 10.8. The van der Waals surface area contributed by atoms with Gasteiger partial charge in [-0.05, 0) is 41.9 Å². The average molecular weight is 396 g/mol. The van der Waals surface area contributed by atoms with Crippen LogP contribution in [0.5, 0.6) is 5.75 Å². The first-order valence-electron chi connectivity index (χ1n) is 9.18. The van der Waals surface area contributed by atoms with Crippen LogP contribution in [0.4, 0.5) is 0 Å². The molecule has 0 heterocycles. The van der Waals surface area contributed by atoms with Gasteiger partial charge < -0.3 is 9.64 Å². The largest absolute Gasteiger partial charge is 0.497 e. The molecule has 28 heavy (non-hydrogen) atoms. The van der Waals surface area contributed by atoms with E-state index in [2.05, 4.69) is 24.3 Å². The Hall–Kier alpha value is -2.63. The van der Waals surface area contributed by atoms with E-state index in [1.54, 1.807) is 24.3 Å². The molecule has 3 rings (SSSR count). The lowest BCUT2D eigenvalue weighted by atomic mass is 9.99. The topological polar surface area (TPSA) is 46.6 Å².